The summed E-state index contributed by atoms with van der Waals surface area (Å²) in [4.78, 5) is 12.4. The molecule has 0 fully saturated rings. The van der Waals surface area contributed by atoms with Gasteiger partial charge in [0, 0.05) is 18.2 Å². The van der Waals surface area contributed by atoms with E-state index < -0.39 is 9.84 Å². The Bertz CT molecular complexity index is 967. The molecule has 128 valence electrons. The number of halogens is 1. The Kier molecular flexibility index (Phi) is 4.68. The zero-order chi connectivity index (χ0) is 18.0. The summed E-state index contributed by atoms with van der Waals surface area (Å²) in [5.74, 6) is -0.250. The van der Waals surface area contributed by atoms with Crippen molar-refractivity contribution in [3.8, 4) is 0 Å². The van der Waals surface area contributed by atoms with Crippen LogP contribution in [0, 0.1) is 5.82 Å². The van der Waals surface area contributed by atoms with Crippen LogP contribution in [0.1, 0.15) is 24.0 Å². The monoisotopic (exact) mass is 356 g/mol. The number of carbonyl (C=O) groups excluding carboxylic acids is 1. The van der Waals surface area contributed by atoms with Crippen molar-refractivity contribution in [2.45, 2.75) is 17.7 Å². The molecule has 2 aromatic carbocycles. The minimum absolute atomic E-state index is 0.0561. The molecule has 0 unspecified atom stereocenters. The first-order valence-electron chi connectivity index (χ1n) is 7.85. The average Bonchev–Trinajstić information content (AvgIpc) is 2.94. The van der Waals surface area contributed by atoms with Crippen molar-refractivity contribution in [2.75, 3.05) is 6.26 Å². The van der Waals surface area contributed by atoms with Gasteiger partial charge < -0.3 is 0 Å². The van der Waals surface area contributed by atoms with E-state index in [1.54, 1.807) is 48.6 Å². The number of ketones is 1. The molecular formula is C20H17FO3S. The molecule has 0 saturated carbocycles. The van der Waals surface area contributed by atoms with Crippen molar-refractivity contribution < 1.29 is 17.6 Å². The van der Waals surface area contributed by atoms with Gasteiger partial charge in [-0.25, -0.2) is 12.8 Å². The van der Waals surface area contributed by atoms with Gasteiger partial charge in [0.1, 0.15) is 5.82 Å². The molecule has 3 nitrogen and oxygen atoms in total. The molecule has 0 aliphatic heterocycles. The summed E-state index contributed by atoms with van der Waals surface area (Å²) in [6, 6.07) is 12.6. The molecule has 25 heavy (non-hydrogen) atoms. The maximum atomic E-state index is 13.0. The fourth-order valence-corrected chi connectivity index (χ4v) is 3.46. The van der Waals surface area contributed by atoms with E-state index in [0.29, 0.717) is 18.4 Å². The molecule has 0 heterocycles. The van der Waals surface area contributed by atoms with Crippen molar-refractivity contribution in [1.82, 2.24) is 0 Å². The molecule has 0 aromatic heterocycles. The SMILES string of the molecule is CS(=O)(=O)c1ccc(C2=C(/C=C/c3ccc(F)cc3)C(=O)CC2)cc1. The summed E-state index contributed by atoms with van der Waals surface area (Å²) < 4.78 is 36.1. The van der Waals surface area contributed by atoms with Gasteiger partial charge in [-0.1, -0.05) is 36.4 Å². The molecule has 0 saturated heterocycles. The zero-order valence-corrected chi connectivity index (χ0v) is 14.5. The minimum atomic E-state index is -3.24. The number of allylic oxidation sites excluding steroid dienone is 3. The van der Waals surface area contributed by atoms with E-state index in [0.717, 1.165) is 23.0 Å². The molecular weight excluding hydrogens is 339 g/mol. The van der Waals surface area contributed by atoms with E-state index in [4.69, 9.17) is 0 Å². The molecule has 0 atom stereocenters. The number of hydrogen-bond acceptors (Lipinski definition) is 3. The smallest absolute Gasteiger partial charge is 0.175 e. The van der Waals surface area contributed by atoms with Crippen LogP contribution in [0.25, 0.3) is 11.6 Å². The first kappa shape index (κ1) is 17.3. The quantitative estimate of drug-likeness (QED) is 0.830. The first-order chi connectivity index (χ1) is 11.8. The Balaban J connectivity index is 1.94. The molecule has 0 amide bonds. The van der Waals surface area contributed by atoms with E-state index >= 15 is 0 Å². The molecule has 0 spiro atoms. The fraction of sp³-hybridized carbons (Fsp3) is 0.150. The first-order valence-corrected chi connectivity index (χ1v) is 9.74. The number of sulfone groups is 1. The van der Waals surface area contributed by atoms with Gasteiger partial charge in [-0.05, 0) is 47.4 Å². The van der Waals surface area contributed by atoms with E-state index in [9.17, 15) is 17.6 Å². The van der Waals surface area contributed by atoms with Crippen molar-refractivity contribution >= 4 is 27.3 Å². The number of rotatable bonds is 4. The fourth-order valence-electron chi connectivity index (χ4n) is 2.83. The predicted molar refractivity (Wildman–Crippen MR) is 96.1 cm³/mol. The maximum Gasteiger partial charge on any atom is 0.175 e. The Hall–Kier alpha value is -2.53. The van der Waals surface area contributed by atoms with Gasteiger partial charge >= 0.3 is 0 Å². The minimum Gasteiger partial charge on any atom is -0.294 e. The summed E-state index contributed by atoms with van der Waals surface area (Å²) in [7, 11) is -3.24. The van der Waals surface area contributed by atoms with Gasteiger partial charge in [-0.3, -0.25) is 4.79 Å². The molecule has 1 aliphatic carbocycles. The summed E-state index contributed by atoms with van der Waals surface area (Å²) in [5, 5.41) is 0. The summed E-state index contributed by atoms with van der Waals surface area (Å²) in [5.41, 5.74) is 3.18. The van der Waals surface area contributed by atoms with Crippen LogP contribution in [-0.4, -0.2) is 20.5 Å². The molecule has 0 N–H and O–H groups in total. The van der Waals surface area contributed by atoms with Gasteiger partial charge in [-0.15, -0.1) is 0 Å². The summed E-state index contributed by atoms with van der Waals surface area (Å²) in [6.45, 7) is 0. The van der Waals surface area contributed by atoms with Crippen molar-refractivity contribution in [3.63, 3.8) is 0 Å². The van der Waals surface area contributed by atoms with E-state index in [2.05, 4.69) is 0 Å². The van der Waals surface area contributed by atoms with Crippen LogP contribution in [0.3, 0.4) is 0 Å². The normalized spacial score (nSPS) is 15.4. The van der Waals surface area contributed by atoms with Gasteiger partial charge in [0.05, 0.1) is 4.90 Å². The van der Waals surface area contributed by atoms with E-state index in [-0.39, 0.29) is 16.5 Å². The van der Waals surface area contributed by atoms with Crippen LogP contribution < -0.4 is 0 Å². The Morgan fingerprint density at radius 1 is 0.920 bits per heavy atom. The molecule has 5 heteroatoms. The number of Topliss-reactive ketones (excluding diaryl/α,β-unsaturated/α-hetero) is 1. The second kappa shape index (κ2) is 6.76. The number of benzene rings is 2. The topological polar surface area (TPSA) is 51.2 Å². The highest BCUT2D eigenvalue weighted by atomic mass is 32.2. The van der Waals surface area contributed by atoms with Crippen molar-refractivity contribution in [2.24, 2.45) is 0 Å². The summed E-state index contributed by atoms with van der Waals surface area (Å²) in [6.07, 6.45) is 5.76. The van der Waals surface area contributed by atoms with E-state index in [1.165, 1.54) is 12.1 Å². The highest BCUT2D eigenvalue weighted by molar-refractivity contribution is 7.90. The van der Waals surface area contributed by atoms with Crippen LogP contribution in [0.15, 0.2) is 65.1 Å². The van der Waals surface area contributed by atoms with Crippen LogP contribution in [0.4, 0.5) is 4.39 Å². The molecule has 0 radical (unpaired) electrons. The third-order valence-electron chi connectivity index (χ3n) is 4.17. The zero-order valence-electron chi connectivity index (χ0n) is 13.7. The lowest BCUT2D eigenvalue weighted by atomic mass is 10.0. The van der Waals surface area contributed by atoms with Crippen molar-refractivity contribution in [1.29, 1.82) is 0 Å². The van der Waals surface area contributed by atoms with Crippen LogP contribution in [0.5, 0.6) is 0 Å². The highest BCUT2D eigenvalue weighted by Gasteiger charge is 2.22. The van der Waals surface area contributed by atoms with Crippen molar-refractivity contribution in [3.05, 3.63) is 77.1 Å². The van der Waals surface area contributed by atoms with Crippen LogP contribution >= 0.6 is 0 Å². The van der Waals surface area contributed by atoms with Gasteiger partial charge in [0.2, 0.25) is 0 Å². The lowest BCUT2D eigenvalue weighted by molar-refractivity contribution is -0.114. The third-order valence-corrected chi connectivity index (χ3v) is 5.30. The maximum absolute atomic E-state index is 13.0. The summed E-state index contributed by atoms with van der Waals surface area (Å²) >= 11 is 0. The highest BCUT2D eigenvalue weighted by Crippen LogP contribution is 2.33. The van der Waals surface area contributed by atoms with Gasteiger partial charge in [0.25, 0.3) is 0 Å². The molecule has 2 aromatic rings. The molecule has 1 aliphatic rings. The number of hydrogen-bond donors (Lipinski definition) is 0. The predicted octanol–water partition coefficient (Wildman–Crippen LogP) is 4.06. The standard InChI is InChI=1S/C20H17FO3S/c1-25(23,24)17-9-5-15(6-10-17)18-12-13-20(22)19(18)11-4-14-2-7-16(21)8-3-14/h2-11H,12-13H2,1H3/b11-4+. The van der Waals surface area contributed by atoms with Gasteiger partial charge in [0.15, 0.2) is 15.6 Å². The lowest BCUT2D eigenvalue weighted by Crippen LogP contribution is -1.97. The molecule has 3 rings (SSSR count). The second-order valence-corrected chi connectivity index (χ2v) is 8.01. The number of carbonyl (C=O) groups is 1. The Morgan fingerprint density at radius 3 is 2.16 bits per heavy atom. The Labute approximate surface area is 146 Å². The van der Waals surface area contributed by atoms with Crippen LogP contribution in [-0.2, 0) is 14.6 Å². The lowest BCUT2D eigenvalue weighted by Gasteiger charge is -2.05. The average molecular weight is 356 g/mol. The van der Waals surface area contributed by atoms with Crippen LogP contribution in [0.2, 0.25) is 0 Å². The van der Waals surface area contributed by atoms with Gasteiger partial charge in [-0.2, -0.15) is 0 Å². The molecule has 0 bridgehead atoms. The van der Waals surface area contributed by atoms with E-state index in [1.807, 2.05) is 0 Å². The third kappa shape index (κ3) is 3.94. The second-order valence-electron chi connectivity index (χ2n) is 6.00. The Morgan fingerprint density at radius 2 is 1.56 bits per heavy atom. The largest absolute Gasteiger partial charge is 0.294 e.